The minimum absolute atomic E-state index is 0.782. The number of piperidine rings is 1. The topological polar surface area (TPSA) is 15.3 Å². The molecule has 1 aliphatic heterocycles. The molecule has 102 valence electrons. The molecule has 1 N–H and O–H groups in total. The largest absolute Gasteiger partial charge is 0.316 e. The van der Waals surface area contributed by atoms with Crippen LogP contribution in [0, 0.1) is 11.8 Å². The van der Waals surface area contributed by atoms with Crippen LogP contribution in [0.3, 0.4) is 0 Å². The summed E-state index contributed by atoms with van der Waals surface area (Å²) >= 11 is 0. The molecule has 0 aromatic carbocycles. The van der Waals surface area contributed by atoms with Crippen LogP contribution in [0.5, 0.6) is 0 Å². The SMILES string of the molecule is CCCCCN1CCC(CNCC(C)C)CC1. The summed E-state index contributed by atoms with van der Waals surface area (Å²) in [6.07, 6.45) is 6.94. The van der Waals surface area contributed by atoms with Crippen LogP contribution in [0.15, 0.2) is 0 Å². The van der Waals surface area contributed by atoms with Crippen molar-refractivity contribution in [2.75, 3.05) is 32.7 Å². The van der Waals surface area contributed by atoms with Gasteiger partial charge in [-0.3, -0.25) is 0 Å². The summed E-state index contributed by atoms with van der Waals surface area (Å²) in [5.74, 6) is 1.71. The summed E-state index contributed by atoms with van der Waals surface area (Å²) in [5.41, 5.74) is 0. The van der Waals surface area contributed by atoms with E-state index in [-0.39, 0.29) is 0 Å². The van der Waals surface area contributed by atoms with Gasteiger partial charge in [0.1, 0.15) is 0 Å². The Balaban J connectivity index is 2.01. The van der Waals surface area contributed by atoms with Crippen LogP contribution in [-0.4, -0.2) is 37.6 Å². The lowest BCUT2D eigenvalue weighted by Crippen LogP contribution is -2.38. The molecule has 2 nitrogen and oxygen atoms in total. The molecular weight excluding hydrogens is 208 g/mol. The van der Waals surface area contributed by atoms with Crippen LogP contribution in [0.2, 0.25) is 0 Å². The molecule has 0 aromatic rings. The third kappa shape index (κ3) is 7.05. The van der Waals surface area contributed by atoms with E-state index in [2.05, 4.69) is 31.0 Å². The molecule has 1 saturated heterocycles. The zero-order valence-electron chi connectivity index (χ0n) is 12.2. The van der Waals surface area contributed by atoms with Crippen molar-refractivity contribution in [1.29, 1.82) is 0 Å². The van der Waals surface area contributed by atoms with Crippen molar-refractivity contribution in [2.24, 2.45) is 11.8 Å². The van der Waals surface area contributed by atoms with Gasteiger partial charge in [-0.05, 0) is 63.8 Å². The monoisotopic (exact) mass is 240 g/mol. The summed E-state index contributed by atoms with van der Waals surface area (Å²) in [6, 6.07) is 0. The third-order valence-corrected chi connectivity index (χ3v) is 3.77. The summed E-state index contributed by atoms with van der Waals surface area (Å²) in [7, 11) is 0. The second kappa shape index (κ2) is 8.93. The number of likely N-dealkylation sites (tertiary alicyclic amines) is 1. The van der Waals surface area contributed by atoms with E-state index in [9.17, 15) is 0 Å². The Hall–Kier alpha value is -0.0800. The van der Waals surface area contributed by atoms with Gasteiger partial charge >= 0.3 is 0 Å². The first-order valence-electron chi connectivity index (χ1n) is 7.65. The van der Waals surface area contributed by atoms with E-state index in [0.717, 1.165) is 11.8 Å². The Kier molecular flexibility index (Phi) is 7.87. The number of hydrogen-bond donors (Lipinski definition) is 1. The average molecular weight is 240 g/mol. The van der Waals surface area contributed by atoms with Gasteiger partial charge in [-0.25, -0.2) is 0 Å². The van der Waals surface area contributed by atoms with Crippen molar-refractivity contribution in [2.45, 2.75) is 52.9 Å². The summed E-state index contributed by atoms with van der Waals surface area (Å²) < 4.78 is 0. The highest BCUT2D eigenvalue weighted by atomic mass is 15.1. The second-order valence-electron chi connectivity index (χ2n) is 6.04. The Bertz CT molecular complexity index is 172. The molecule has 0 bridgehead atoms. The molecule has 1 heterocycles. The van der Waals surface area contributed by atoms with Gasteiger partial charge in [-0.1, -0.05) is 33.6 Å². The van der Waals surface area contributed by atoms with E-state index >= 15 is 0 Å². The normalized spacial score (nSPS) is 19.1. The van der Waals surface area contributed by atoms with Gasteiger partial charge in [-0.15, -0.1) is 0 Å². The smallest absolute Gasteiger partial charge is 0.00156 e. The Morgan fingerprint density at radius 1 is 1.18 bits per heavy atom. The summed E-state index contributed by atoms with van der Waals surface area (Å²) in [5, 5.41) is 3.60. The fourth-order valence-electron chi connectivity index (χ4n) is 2.58. The van der Waals surface area contributed by atoms with Gasteiger partial charge in [0.05, 0.1) is 0 Å². The van der Waals surface area contributed by atoms with E-state index < -0.39 is 0 Å². The van der Waals surface area contributed by atoms with E-state index in [0.29, 0.717) is 0 Å². The maximum Gasteiger partial charge on any atom is -0.00156 e. The minimum atomic E-state index is 0.782. The number of nitrogens with zero attached hydrogens (tertiary/aromatic N) is 1. The van der Waals surface area contributed by atoms with Crippen molar-refractivity contribution >= 4 is 0 Å². The fraction of sp³-hybridized carbons (Fsp3) is 1.00. The first-order chi connectivity index (χ1) is 8.22. The second-order valence-corrected chi connectivity index (χ2v) is 6.04. The number of hydrogen-bond acceptors (Lipinski definition) is 2. The standard InChI is InChI=1S/C15H32N2/c1-4-5-6-9-17-10-7-15(8-11-17)13-16-12-14(2)3/h14-16H,4-13H2,1-3H3. The van der Waals surface area contributed by atoms with E-state index in [1.54, 1.807) is 0 Å². The van der Waals surface area contributed by atoms with Crippen molar-refractivity contribution in [3.05, 3.63) is 0 Å². The Labute approximate surface area is 108 Å². The molecule has 0 radical (unpaired) electrons. The molecule has 0 saturated carbocycles. The van der Waals surface area contributed by atoms with Crippen molar-refractivity contribution in [3.8, 4) is 0 Å². The zero-order chi connectivity index (χ0) is 12.5. The van der Waals surface area contributed by atoms with Gasteiger partial charge in [0.15, 0.2) is 0 Å². The van der Waals surface area contributed by atoms with Gasteiger partial charge in [0.2, 0.25) is 0 Å². The third-order valence-electron chi connectivity index (χ3n) is 3.77. The van der Waals surface area contributed by atoms with Gasteiger partial charge in [0, 0.05) is 0 Å². The van der Waals surface area contributed by atoms with Crippen LogP contribution < -0.4 is 5.32 Å². The highest BCUT2D eigenvalue weighted by molar-refractivity contribution is 4.74. The Morgan fingerprint density at radius 2 is 1.88 bits per heavy atom. The van der Waals surface area contributed by atoms with Crippen LogP contribution in [0.25, 0.3) is 0 Å². The molecule has 2 heteroatoms. The van der Waals surface area contributed by atoms with E-state index in [1.165, 1.54) is 64.8 Å². The predicted molar refractivity (Wildman–Crippen MR) is 76.4 cm³/mol. The van der Waals surface area contributed by atoms with Crippen molar-refractivity contribution in [3.63, 3.8) is 0 Å². The van der Waals surface area contributed by atoms with Gasteiger partial charge in [0.25, 0.3) is 0 Å². The molecule has 0 amide bonds. The summed E-state index contributed by atoms with van der Waals surface area (Å²) in [4.78, 5) is 2.66. The lowest BCUT2D eigenvalue weighted by molar-refractivity contribution is 0.179. The van der Waals surface area contributed by atoms with Crippen molar-refractivity contribution < 1.29 is 0 Å². The van der Waals surface area contributed by atoms with Crippen LogP contribution in [0.4, 0.5) is 0 Å². The highest BCUT2D eigenvalue weighted by Gasteiger charge is 2.18. The highest BCUT2D eigenvalue weighted by Crippen LogP contribution is 2.16. The molecule has 0 unspecified atom stereocenters. The molecule has 1 rings (SSSR count). The van der Waals surface area contributed by atoms with E-state index in [4.69, 9.17) is 0 Å². The quantitative estimate of drug-likeness (QED) is 0.656. The zero-order valence-corrected chi connectivity index (χ0v) is 12.2. The summed E-state index contributed by atoms with van der Waals surface area (Å²) in [6.45, 7) is 13.3. The lowest BCUT2D eigenvalue weighted by atomic mass is 9.96. The maximum atomic E-state index is 3.60. The number of rotatable bonds is 8. The van der Waals surface area contributed by atoms with Gasteiger partial charge < -0.3 is 10.2 Å². The molecule has 0 aromatic heterocycles. The first-order valence-corrected chi connectivity index (χ1v) is 7.65. The minimum Gasteiger partial charge on any atom is -0.316 e. The number of nitrogens with one attached hydrogen (secondary N) is 1. The molecule has 0 aliphatic carbocycles. The predicted octanol–water partition coefficient (Wildman–Crippen LogP) is 3.13. The molecular formula is C15H32N2. The Morgan fingerprint density at radius 3 is 2.47 bits per heavy atom. The molecule has 0 atom stereocenters. The van der Waals surface area contributed by atoms with Gasteiger partial charge in [-0.2, -0.15) is 0 Å². The first kappa shape index (κ1) is 15.0. The molecule has 1 aliphatic rings. The van der Waals surface area contributed by atoms with Crippen LogP contribution in [0.1, 0.15) is 52.9 Å². The van der Waals surface area contributed by atoms with Crippen LogP contribution >= 0.6 is 0 Å². The maximum absolute atomic E-state index is 3.60. The fourth-order valence-corrected chi connectivity index (χ4v) is 2.58. The van der Waals surface area contributed by atoms with E-state index in [1.807, 2.05) is 0 Å². The molecule has 0 spiro atoms. The van der Waals surface area contributed by atoms with Crippen molar-refractivity contribution in [1.82, 2.24) is 10.2 Å². The van der Waals surface area contributed by atoms with Crippen LogP contribution in [-0.2, 0) is 0 Å². The molecule has 17 heavy (non-hydrogen) atoms. The molecule has 1 fully saturated rings. The average Bonchev–Trinajstić information content (AvgIpc) is 2.31. The lowest BCUT2D eigenvalue weighted by Gasteiger charge is -2.32. The number of unbranched alkanes of at least 4 members (excludes halogenated alkanes) is 2.